The highest BCUT2D eigenvalue weighted by Crippen LogP contribution is 2.23. The fraction of sp³-hybridized carbons (Fsp3) is 0.350. The zero-order valence-electron chi connectivity index (χ0n) is 15.9. The summed E-state index contributed by atoms with van der Waals surface area (Å²) in [4.78, 5) is 17.7. The third kappa shape index (κ3) is 3.30. The molecule has 0 spiro atoms. The number of H-pyrrole nitrogens is 1. The highest BCUT2D eigenvalue weighted by atomic mass is 32.2. The number of carbonyl (C=O) groups is 1. The van der Waals surface area contributed by atoms with Crippen LogP contribution >= 0.6 is 11.3 Å². The predicted molar refractivity (Wildman–Crippen MR) is 111 cm³/mol. The molecule has 0 aliphatic carbocycles. The maximum absolute atomic E-state index is 13.2. The Labute approximate surface area is 168 Å². The number of nitrogens with one attached hydrogen (secondary N) is 2. The van der Waals surface area contributed by atoms with Crippen molar-refractivity contribution in [3.8, 4) is 0 Å². The van der Waals surface area contributed by atoms with Gasteiger partial charge in [0.15, 0.2) is 0 Å². The largest absolute Gasteiger partial charge is 0.358 e. The van der Waals surface area contributed by atoms with Gasteiger partial charge in [-0.2, -0.15) is 4.31 Å². The SMILES string of the molecule is Cc1[nH]c2ccccc2c1C(=O)[C@H](C)[NH+]1CCN(S(=O)(=O)c2cccs2)CC1. The van der Waals surface area contributed by atoms with Gasteiger partial charge in [0.1, 0.15) is 10.3 Å². The van der Waals surface area contributed by atoms with E-state index in [1.54, 1.807) is 17.5 Å². The number of fused-ring (bicyclic) bond motifs is 1. The van der Waals surface area contributed by atoms with Gasteiger partial charge in [-0.25, -0.2) is 8.42 Å². The van der Waals surface area contributed by atoms with Crippen LogP contribution in [0.4, 0.5) is 0 Å². The number of piperazine rings is 1. The number of para-hydroxylation sites is 1. The minimum absolute atomic E-state index is 0.111. The highest BCUT2D eigenvalue weighted by molar-refractivity contribution is 7.91. The molecule has 8 heteroatoms. The molecular formula is C20H24N3O3S2+. The summed E-state index contributed by atoms with van der Waals surface area (Å²) < 4.78 is 27.3. The molecule has 1 atom stereocenters. The van der Waals surface area contributed by atoms with Crippen LogP contribution in [-0.2, 0) is 10.0 Å². The number of Topliss-reactive ketones (excluding diaryl/α,β-unsaturated/α-hetero) is 1. The van der Waals surface area contributed by atoms with Gasteiger partial charge < -0.3 is 9.88 Å². The third-order valence-electron chi connectivity index (χ3n) is 5.60. The Morgan fingerprint density at radius 3 is 2.57 bits per heavy atom. The van der Waals surface area contributed by atoms with E-state index in [9.17, 15) is 13.2 Å². The van der Waals surface area contributed by atoms with E-state index in [1.165, 1.54) is 15.6 Å². The van der Waals surface area contributed by atoms with Crippen LogP contribution in [0.3, 0.4) is 0 Å². The summed E-state index contributed by atoms with van der Waals surface area (Å²) in [5.74, 6) is 0.111. The lowest BCUT2D eigenvalue weighted by atomic mass is 10.0. The molecule has 0 unspecified atom stereocenters. The maximum Gasteiger partial charge on any atom is 0.252 e. The molecular weight excluding hydrogens is 394 g/mol. The zero-order chi connectivity index (χ0) is 19.9. The van der Waals surface area contributed by atoms with Crippen molar-refractivity contribution in [3.05, 3.63) is 53.0 Å². The number of hydrogen-bond acceptors (Lipinski definition) is 4. The van der Waals surface area contributed by atoms with E-state index in [4.69, 9.17) is 0 Å². The second kappa shape index (κ2) is 7.44. The molecule has 1 saturated heterocycles. The van der Waals surface area contributed by atoms with Gasteiger partial charge in [-0.05, 0) is 31.4 Å². The van der Waals surface area contributed by atoms with E-state index < -0.39 is 10.0 Å². The van der Waals surface area contributed by atoms with E-state index >= 15 is 0 Å². The molecule has 3 aromatic rings. The first kappa shape index (κ1) is 19.3. The average Bonchev–Trinajstić information content (AvgIpc) is 3.34. The van der Waals surface area contributed by atoms with Crippen molar-refractivity contribution in [2.45, 2.75) is 24.1 Å². The van der Waals surface area contributed by atoms with Gasteiger partial charge in [0.05, 0.1) is 31.7 Å². The fourth-order valence-corrected chi connectivity index (χ4v) is 6.57. The second-order valence-electron chi connectivity index (χ2n) is 7.25. The van der Waals surface area contributed by atoms with Crippen LogP contribution in [-0.4, -0.2) is 55.7 Å². The quantitative estimate of drug-likeness (QED) is 0.620. The Bertz CT molecular complexity index is 1100. The molecule has 0 radical (unpaired) electrons. The molecule has 28 heavy (non-hydrogen) atoms. The van der Waals surface area contributed by atoms with Crippen LogP contribution in [0.2, 0.25) is 0 Å². The Kier molecular flexibility index (Phi) is 5.13. The predicted octanol–water partition coefficient (Wildman–Crippen LogP) is 1.70. The number of rotatable bonds is 5. The summed E-state index contributed by atoms with van der Waals surface area (Å²) >= 11 is 1.24. The molecule has 1 fully saturated rings. The molecule has 0 saturated carbocycles. The minimum Gasteiger partial charge on any atom is -0.358 e. The van der Waals surface area contributed by atoms with Gasteiger partial charge >= 0.3 is 0 Å². The van der Waals surface area contributed by atoms with Gasteiger partial charge in [0.2, 0.25) is 5.78 Å². The second-order valence-corrected chi connectivity index (χ2v) is 10.4. The molecule has 2 N–H and O–H groups in total. The zero-order valence-corrected chi connectivity index (χ0v) is 17.6. The number of aryl methyl sites for hydroxylation is 1. The van der Waals surface area contributed by atoms with Crippen molar-refractivity contribution in [1.82, 2.24) is 9.29 Å². The van der Waals surface area contributed by atoms with Gasteiger partial charge in [-0.3, -0.25) is 4.79 Å². The topological polar surface area (TPSA) is 74.7 Å². The lowest BCUT2D eigenvalue weighted by Crippen LogP contribution is -3.18. The number of sulfonamides is 1. The van der Waals surface area contributed by atoms with E-state index in [0.717, 1.165) is 27.1 Å². The molecule has 3 heterocycles. The lowest BCUT2D eigenvalue weighted by molar-refractivity contribution is -0.917. The van der Waals surface area contributed by atoms with E-state index in [2.05, 4.69) is 4.98 Å². The van der Waals surface area contributed by atoms with Gasteiger partial charge in [0.25, 0.3) is 10.0 Å². The number of benzene rings is 1. The van der Waals surface area contributed by atoms with E-state index in [0.29, 0.717) is 30.4 Å². The van der Waals surface area contributed by atoms with Gasteiger partial charge in [-0.15, -0.1) is 11.3 Å². The molecule has 0 amide bonds. The molecule has 2 aromatic heterocycles. The van der Waals surface area contributed by atoms with Crippen LogP contribution < -0.4 is 4.90 Å². The molecule has 1 aliphatic heterocycles. The molecule has 148 valence electrons. The van der Waals surface area contributed by atoms with Crippen molar-refractivity contribution in [2.75, 3.05) is 26.2 Å². The maximum atomic E-state index is 13.2. The summed E-state index contributed by atoms with van der Waals surface area (Å²) in [6.07, 6.45) is 0. The van der Waals surface area contributed by atoms with Crippen LogP contribution in [0.5, 0.6) is 0 Å². The number of carbonyl (C=O) groups excluding carboxylic acids is 1. The Balaban J connectivity index is 1.49. The van der Waals surface area contributed by atoms with Gasteiger partial charge in [0, 0.05) is 16.6 Å². The molecule has 6 nitrogen and oxygen atoms in total. The Morgan fingerprint density at radius 2 is 1.89 bits per heavy atom. The molecule has 1 aliphatic rings. The van der Waals surface area contributed by atoms with Crippen molar-refractivity contribution in [1.29, 1.82) is 0 Å². The first-order valence-electron chi connectivity index (χ1n) is 9.39. The number of nitrogens with zero attached hydrogens (tertiary/aromatic N) is 1. The summed E-state index contributed by atoms with van der Waals surface area (Å²) in [5.41, 5.74) is 2.61. The van der Waals surface area contributed by atoms with Crippen molar-refractivity contribution in [2.24, 2.45) is 0 Å². The first-order chi connectivity index (χ1) is 13.4. The normalized spacial score (nSPS) is 17.8. The van der Waals surface area contributed by atoms with Crippen LogP contribution in [0, 0.1) is 6.92 Å². The molecule has 4 rings (SSSR count). The number of thiophene rings is 1. The number of aromatic nitrogens is 1. The average molecular weight is 419 g/mol. The summed E-state index contributed by atoms with van der Waals surface area (Å²) in [5, 5.41) is 2.73. The fourth-order valence-electron chi connectivity index (χ4n) is 3.98. The standard InChI is InChI=1S/C20H23N3O3S2/c1-14-19(16-6-3-4-7-17(16)21-14)20(24)15(2)22-9-11-23(12-10-22)28(25,26)18-8-5-13-27-18/h3-8,13,15,21H,9-12H2,1-2H3/p+1/t15-/m0/s1. The van der Waals surface area contributed by atoms with Crippen LogP contribution in [0.25, 0.3) is 10.9 Å². The minimum atomic E-state index is -3.42. The molecule has 0 bridgehead atoms. The first-order valence-corrected chi connectivity index (χ1v) is 11.7. The van der Waals surface area contributed by atoms with Crippen molar-refractivity contribution >= 4 is 38.0 Å². The Morgan fingerprint density at radius 1 is 1.18 bits per heavy atom. The third-order valence-corrected chi connectivity index (χ3v) is 8.87. The Hall–Kier alpha value is -2.00. The van der Waals surface area contributed by atoms with Crippen molar-refractivity contribution in [3.63, 3.8) is 0 Å². The number of quaternary nitrogens is 1. The van der Waals surface area contributed by atoms with E-state index in [-0.39, 0.29) is 11.8 Å². The highest BCUT2D eigenvalue weighted by Gasteiger charge is 2.36. The van der Waals surface area contributed by atoms with Crippen LogP contribution in [0.15, 0.2) is 46.0 Å². The summed E-state index contributed by atoms with van der Waals surface area (Å²) in [6, 6.07) is 11.0. The number of aromatic amines is 1. The monoisotopic (exact) mass is 418 g/mol. The smallest absolute Gasteiger partial charge is 0.252 e. The van der Waals surface area contributed by atoms with E-state index in [1.807, 2.05) is 38.1 Å². The summed E-state index contributed by atoms with van der Waals surface area (Å²) in [7, 11) is -3.42. The van der Waals surface area contributed by atoms with Gasteiger partial charge in [-0.1, -0.05) is 24.3 Å². The molecule has 1 aromatic carbocycles. The lowest BCUT2D eigenvalue weighted by Gasteiger charge is -2.34. The van der Waals surface area contributed by atoms with Crippen LogP contribution in [0.1, 0.15) is 23.0 Å². The van der Waals surface area contributed by atoms with Crippen molar-refractivity contribution < 1.29 is 18.1 Å². The summed E-state index contributed by atoms with van der Waals surface area (Å²) in [6.45, 7) is 5.99. The number of ketones is 1. The number of hydrogen-bond donors (Lipinski definition) is 2.